The smallest absolute Gasteiger partial charge is 0.153 e. The van der Waals surface area contributed by atoms with Gasteiger partial charge < -0.3 is 5.11 Å². The normalized spacial score (nSPS) is 12.2. The first kappa shape index (κ1) is 16.5. The van der Waals surface area contributed by atoms with Gasteiger partial charge in [0.15, 0.2) is 12.6 Å². The summed E-state index contributed by atoms with van der Waals surface area (Å²) >= 11 is 0. The molecule has 0 saturated carbocycles. The van der Waals surface area contributed by atoms with E-state index in [9.17, 15) is 9.59 Å². The van der Waals surface area contributed by atoms with Crippen LogP contribution in [0.15, 0.2) is 34.9 Å². The SMILES string of the molecule is C/C(=C\CC/C(C)=C/CO)CCC=C(C=O)C=O. The largest absolute Gasteiger partial charge is 0.392 e. The number of carbonyl (C=O) groups excluding carboxylic acids is 2. The number of hydrogen-bond donors (Lipinski definition) is 1. The molecule has 3 nitrogen and oxygen atoms in total. The topological polar surface area (TPSA) is 54.4 Å². The molecule has 0 atom stereocenters. The lowest BCUT2D eigenvalue weighted by Crippen LogP contribution is -1.86. The van der Waals surface area contributed by atoms with Crippen LogP contribution in [0.5, 0.6) is 0 Å². The highest BCUT2D eigenvalue weighted by Crippen LogP contribution is 2.10. The number of hydrogen-bond acceptors (Lipinski definition) is 3. The maximum absolute atomic E-state index is 10.4. The quantitative estimate of drug-likeness (QED) is 0.225. The Kier molecular flexibility index (Phi) is 9.78. The van der Waals surface area contributed by atoms with Crippen LogP contribution in [-0.2, 0) is 9.59 Å². The predicted octanol–water partition coefficient (Wildman–Crippen LogP) is 2.76. The fourth-order valence-electron chi connectivity index (χ4n) is 1.50. The third kappa shape index (κ3) is 8.65. The van der Waals surface area contributed by atoms with Gasteiger partial charge in [0.2, 0.25) is 0 Å². The molecule has 0 aromatic rings. The van der Waals surface area contributed by atoms with E-state index >= 15 is 0 Å². The standard InChI is InChI=1S/C15H22O3/c1-13(5-3-6-14(2)9-10-16)7-4-8-15(11-17)12-18/h5,8-9,11-12,16H,3-4,6-7,10H2,1-2H3/b13-5+,14-9+. The maximum Gasteiger partial charge on any atom is 0.153 e. The lowest BCUT2D eigenvalue weighted by molar-refractivity contribution is -0.109. The highest BCUT2D eigenvalue weighted by atomic mass is 16.2. The molecular formula is C15H22O3. The van der Waals surface area contributed by atoms with Crippen LogP contribution in [-0.4, -0.2) is 24.3 Å². The Morgan fingerprint density at radius 3 is 1.89 bits per heavy atom. The molecule has 0 rings (SSSR count). The summed E-state index contributed by atoms with van der Waals surface area (Å²) in [5.74, 6) is 0. The Labute approximate surface area is 109 Å². The third-order valence-corrected chi connectivity index (χ3v) is 2.66. The van der Waals surface area contributed by atoms with Gasteiger partial charge in [0.25, 0.3) is 0 Å². The molecule has 0 saturated heterocycles. The number of aldehydes is 2. The number of carbonyl (C=O) groups is 2. The average Bonchev–Trinajstić information content (AvgIpc) is 2.35. The monoisotopic (exact) mass is 250 g/mol. The van der Waals surface area contributed by atoms with Crippen LogP contribution in [0.1, 0.15) is 39.5 Å². The highest BCUT2D eigenvalue weighted by molar-refractivity contribution is 5.99. The van der Waals surface area contributed by atoms with Gasteiger partial charge in [-0.2, -0.15) is 0 Å². The molecule has 0 bridgehead atoms. The van der Waals surface area contributed by atoms with E-state index in [0.717, 1.165) is 19.3 Å². The molecule has 0 aliphatic rings. The van der Waals surface area contributed by atoms with E-state index in [4.69, 9.17) is 5.11 Å². The zero-order valence-electron chi connectivity index (χ0n) is 11.2. The molecule has 0 aliphatic heterocycles. The van der Waals surface area contributed by atoms with Gasteiger partial charge in [-0.25, -0.2) is 0 Å². The lowest BCUT2D eigenvalue weighted by atomic mass is 10.1. The number of aliphatic hydroxyl groups is 1. The summed E-state index contributed by atoms with van der Waals surface area (Å²) in [5.41, 5.74) is 2.65. The van der Waals surface area contributed by atoms with Gasteiger partial charge in [0.05, 0.1) is 12.2 Å². The van der Waals surface area contributed by atoms with Crippen LogP contribution < -0.4 is 0 Å². The second-order valence-corrected chi connectivity index (χ2v) is 4.30. The Hall–Kier alpha value is -1.48. The number of allylic oxidation sites excluding steroid dienone is 5. The molecule has 1 N–H and O–H groups in total. The molecule has 0 aromatic heterocycles. The first-order valence-electron chi connectivity index (χ1n) is 6.16. The van der Waals surface area contributed by atoms with Gasteiger partial charge >= 0.3 is 0 Å². The molecule has 0 aromatic carbocycles. The Balaban J connectivity index is 3.99. The summed E-state index contributed by atoms with van der Waals surface area (Å²) in [5, 5.41) is 8.70. The minimum absolute atomic E-state index is 0.0967. The van der Waals surface area contributed by atoms with E-state index in [1.165, 1.54) is 11.1 Å². The van der Waals surface area contributed by atoms with E-state index in [1.54, 1.807) is 6.08 Å². The van der Waals surface area contributed by atoms with Gasteiger partial charge in [-0.3, -0.25) is 9.59 Å². The first-order valence-corrected chi connectivity index (χ1v) is 6.16. The minimum Gasteiger partial charge on any atom is -0.392 e. The molecular weight excluding hydrogens is 228 g/mol. The van der Waals surface area contributed by atoms with Crippen molar-refractivity contribution in [3.8, 4) is 0 Å². The molecule has 0 aliphatic carbocycles. The molecule has 0 unspecified atom stereocenters. The van der Waals surface area contributed by atoms with Gasteiger partial charge in [0.1, 0.15) is 0 Å². The minimum atomic E-state index is 0.0967. The van der Waals surface area contributed by atoms with Gasteiger partial charge in [-0.1, -0.05) is 29.4 Å². The molecule has 0 amide bonds. The van der Waals surface area contributed by atoms with E-state index in [-0.39, 0.29) is 12.2 Å². The summed E-state index contributed by atoms with van der Waals surface area (Å²) < 4.78 is 0. The van der Waals surface area contributed by atoms with Gasteiger partial charge in [-0.15, -0.1) is 0 Å². The summed E-state index contributed by atoms with van der Waals surface area (Å²) in [7, 11) is 0. The molecule has 0 fully saturated rings. The first-order chi connectivity index (χ1) is 8.63. The highest BCUT2D eigenvalue weighted by Gasteiger charge is 1.93. The summed E-state index contributed by atoms with van der Waals surface area (Å²) in [6, 6.07) is 0. The fourth-order valence-corrected chi connectivity index (χ4v) is 1.50. The van der Waals surface area contributed by atoms with Crippen LogP contribution >= 0.6 is 0 Å². The van der Waals surface area contributed by atoms with Crippen molar-refractivity contribution in [2.75, 3.05) is 6.61 Å². The molecule has 0 heterocycles. The molecule has 100 valence electrons. The summed E-state index contributed by atoms with van der Waals surface area (Å²) in [6.45, 7) is 4.14. The zero-order chi connectivity index (χ0) is 13.8. The predicted molar refractivity (Wildman–Crippen MR) is 73.3 cm³/mol. The van der Waals surface area contributed by atoms with E-state index in [0.29, 0.717) is 19.0 Å². The average molecular weight is 250 g/mol. The van der Waals surface area contributed by atoms with Crippen LogP contribution in [0.3, 0.4) is 0 Å². The zero-order valence-corrected chi connectivity index (χ0v) is 11.2. The Morgan fingerprint density at radius 1 is 0.889 bits per heavy atom. The van der Waals surface area contributed by atoms with Crippen molar-refractivity contribution in [1.29, 1.82) is 0 Å². The van der Waals surface area contributed by atoms with Crippen molar-refractivity contribution in [3.05, 3.63) is 34.9 Å². The molecule has 0 spiro atoms. The van der Waals surface area contributed by atoms with Gasteiger partial charge in [0, 0.05) is 0 Å². The van der Waals surface area contributed by atoms with Crippen LogP contribution in [0.25, 0.3) is 0 Å². The summed E-state index contributed by atoms with van der Waals surface area (Å²) in [6.07, 6.45) is 10.2. The van der Waals surface area contributed by atoms with Crippen molar-refractivity contribution in [2.24, 2.45) is 0 Å². The maximum atomic E-state index is 10.4. The van der Waals surface area contributed by atoms with Crippen molar-refractivity contribution >= 4 is 12.6 Å². The molecule has 3 heteroatoms. The Bertz CT molecular complexity index is 339. The number of aliphatic hydroxyl groups excluding tert-OH is 1. The fraction of sp³-hybridized carbons (Fsp3) is 0.467. The Morgan fingerprint density at radius 2 is 1.39 bits per heavy atom. The second-order valence-electron chi connectivity index (χ2n) is 4.30. The lowest BCUT2D eigenvalue weighted by Gasteiger charge is -2.00. The molecule has 0 radical (unpaired) electrons. The van der Waals surface area contributed by atoms with E-state index < -0.39 is 0 Å². The van der Waals surface area contributed by atoms with Crippen LogP contribution in [0, 0.1) is 0 Å². The van der Waals surface area contributed by atoms with Crippen LogP contribution in [0.2, 0.25) is 0 Å². The second kappa shape index (κ2) is 10.7. The van der Waals surface area contributed by atoms with Crippen molar-refractivity contribution in [3.63, 3.8) is 0 Å². The van der Waals surface area contributed by atoms with Crippen molar-refractivity contribution in [2.45, 2.75) is 39.5 Å². The number of rotatable bonds is 9. The summed E-state index contributed by atoms with van der Waals surface area (Å²) in [4.78, 5) is 20.8. The van der Waals surface area contributed by atoms with E-state index in [1.807, 2.05) is 19.9 Å². The van der Waals surface area contributed by atoms with E-state index in [2.05, 4.69) is 6.08 Å². The van der Waals surface area contributed by atoms with Crippen LogP contribution in [0.4, 0.5) is 0 Å². The third-order valence-electron chi connectivity index (χ3n) is 2.66. The molecule has 18 heavy (non-hydrogen) atoms. The van der Waals surface area contributed by atoms with Gasteiger partial charge in [-0.05, 0) is 39.5 Å². The van der Waals surface area contributed by atoms with Crippen molar-refractivity contribution < 1.29 is 14.7 Å². The van der Waals surface area contributed by atoms with Crippen molar-refractivity contribution in [1.82, 2.24) is 0 Å².